The number of piperidine rings is 1. The van der Waals surface area contributed by atoms with Gasteiger partial charge in [-0.05, 0) is 43.4 Å². The number of aromatic nitrogens is 5. The van der Waals surface area contributed by atoms with E-state index in [1.165, 1.54) is 6.33 Å². The lowest BCUT2D eigenvalue weighted by Crippen LogP contribution is -2.42. The first-order valence-electron chi connectivity index (χ1n) is 9.40. The predicted octanol–water partition coefficient (Wildman–Crippen LogP) is 2.38. The minimum Gasteiger partial charge on any atom is -0.339 e. The Hall–Kier alpha value is -3.49. The van der Waals surface area contributed by atoms with Gasteiger partial charge in [0.15, 0.2) is 17.5 Å². The fraction of sp³-hybridized carbons (Fsp3) is 0.300. The summed E-state index contributed by atoms with van der Waals surface area (Å²) >= 11 is 0. The first-order valence-corrected chi connectivity index (χ1v) is 9.40. The third-order valence-electron chi connectivity index (χ3n) is 5.51. The number of carbonyl (C=O) groups is 1. The first-order chi connectivity index (χ1) is 14.1. The largest absolute Gasteiger partial charge is 0.339 e. The minimum absolute atomic E-state index is 0.0994. The van der Waals surface area contributed by atoms with E-state index in [9.17, 15) is 9.18 Å². The zero-order valence-corrected chi connectivity index (χ0v) is 15.7. The molecule has 29 heavy (non-hydrogen) atoms. The van der Waals surface area contributed by atoms with Gasteiger partial charge in [-0.3, -0.25) is 4.79 Å². The molecule has 1 saturated carbocycles. The van der Waals surface area contributed by atoms with Crippen LogP contribution in [0.25, 0.3) is 11.4 Å². The Kier molecular flexibility index (Phi) is 4.15. The zero-order valence-electron chi connectivity index (χ0n) is 15.7. The Bertz CT molecular complexity index is 1060. The van der Waals surface area contributed by atoms with Crippen LogP contribution in [-0.4, -0.2) is 43.1 Å². The van der Waals surface area contributed by atoms with Gasteiger partial charge in [0.1, 0.15) is 12.4 Å². The molecule has 2 fully saturated rings. The van der Waals surface area contributed by atoms with Gasteiger partial charge >= 0.3 is 0 Å². The van der Waals surface area contributed by atoms with Crippen molar-refractivity contribution in [2.75, 3.05) is 10.2 Å². The monoisotopic (exact) mass is 391 g/mol. The molecule has 1 N–H and O–H groups in total. The predicted molar refractivity (Wildman–Crippen MR) is 103 cm³/mol. The number of hydrogen-bond donors (Lipinski definition) is 1. The van der Waals surface area contributed by atoms with Crippen LogP contribution >= 0.6 is 0 Å². The Balaban J connectivity index is 1.38. The van der Waals surface area contributed by atoms with E-state index in [4.69, 9.17) is 0 Å². The molecule has 0 spiro atoms. The van der Waals surface area contributed by atoms with Crippen molar-refractivity contribution in [1.82, 2.24) is 25.1 Å². The molecule has 2 aromatic heterocycles. The summed E-state index contributed by atoms with van der Waals surface area (Å²) in [7, 11) is 0. The van der Waals surface area contributed by atoms with E-state index in [1.54, 1.807) is 6.20 Å². The van der Waals surface area contributed by atoms with E-state index in [1.807, 2.05) is 30.0 Å². The molecule has 1 aliphatic heterocycles. The average Bonchev–Trinajstić information content (AvgIpc) is 3.40. The van der Waals surface area contributed by atoms with Crippen LogP contribution in [0.4, 0.5) is 15.9 Å². The van der Waals surface area contributed by atoms with Crippen molar-refractivity contribution in [3.05, 3.63) is 54.5 Å². The maximum absolute atomic E-state index is 13.1. The highest BCUT2D eigenvalue weighted by molar-refractivity contribution is 5.98. The molecule has 5 rings (SSSR count). The third-order valence-corrected chi connectivity index (χ3v) is 5.51. The van der Waals surface area contributed by atoms with Crippen LogP contribution in [0.2, 0.25) is 0 Å². The van der Waals surface area contributed by atoms with Crippen LogP contribution in [0.1, 0.15) is 18.4 Å². The summed E-state index contributed by atoms with van der Waals surface area (Å²) in [6.07, 6.45) is 7.13. The fourth-order valence-electron chi connectivity index (χ4n) is 4.00. The van der Waals surface area contributed by atoms with Crippen LogP contribution in [0.5, 0.6) is 0 Å². The van der Waals surface area contributed by atoms with Crippen LogP contribution < -0.4 is 10.2 Å². The lowest BCUT2D eigenvalue weighted by Gasteiger charge is -2.27. The molecule has 0 radical (unpaired) electrons. The Morgan fingerprint density at radius 1 is 1.21 bits per heavy atom. The Morgan fingerprint density at radius 3 is 2.79 bits per heavy atom. The summed E-state index contributed by atoms with van der Waals surface area (Å²) in [5.74, 6) is 0.956. The Morgan fingerprint density at radius 2 is 2.03 bits per heavy atom. The molecule has 1 saturated heterocycles. The van der Waals surface area contributed by atoms with Crippen molar-refractivity contribution >= 4 is 17.4 Å². The molecule has 1 aromatic carbocycles. The normalized spacial score (nSPS) is 22.3. The number of rotatable bonds is 4. The number of nitrogens with zero attached hydrogens (tertiary/aromatic N) is 6. The number of fused-ring (bicyclic) bond motifs is 1. The number of benzene rings is 1. The zero-order chi connectivity index (χ0) is 20.0. The van der Waals surface area contributed by atoms with Crippen molar-refractivity contribution in [1.29, 1.82) is 0 Å². The molecule has 3 heterocycles. The van der Waals surface area contributed by atoms with Crippen LogP contribution in [0, 0.1) is 18.7 Å². The summed E-state index contributed by atoms with van der Waals surface area (Å²) in [6.45, 7) is 1.92. The lowest BCUT2D eigenvalue weighted by atomic mass is 10.1. The molecule has 2 aliphatic rings. The van der Waals surface area contributed by atoms with E-state index in [-0.39, 0.29) is 11.9 Å². The maximum atomic E-state index is 13.1. The van der Waals surface area contributed by atoms with Gasteiger partial charge < -0.3 is 10.2 Å². The number of nitrogens with one attached hydrogen (secondary N) is 1. The highest BCUT2D eigenvalue weighted by Gasteiger charge is 2.54. The molecule has 8 nitrogen and oxygen atoms in total. The van der Waals surface area contributed by atoms with E-state index in [2.05, 4.69) is 30.5 Å². The highest BCUT2D eigenvalue weighted by atomic mass is 19.1. The maximum Gasteiger partial charge on any atom is 0.247 e. The molecule has 1 aliphatic carbocycles. The molecular weight excluding hydrogens is 373 g/mol. The van der Waals surface area contributed by atoms with Gasteiger partial charge in [0.25, 0.3) is 0 Å². The van der Waals surface area contributed by atoms with E-state index in [0.717, 1.165) is 36.4 Å². The SMILES string of the molecule is Cc1ccc(NC(=O)[C@H]2C[C@@H]3C[C@@H]3N2c2cncnn2)cc1-c1ncc(F)cn1. The quantitative estimate of drug-likeness (QED) is 0.729. The summed E-state index contributed by atoms with van der Waals surface area (Å²) in [5, 5.41) is 11.0. The molecule has 0 bridgehead atoms. The number of carbonyl (C=O) groups excluding carboxylic acids is 1. The summed E-state index contributed by atoms with van der Waals surface area (Å²) in [5.41, 5.74) is 2.32. The molecule has 3 atom stereocenters. The second kappa shape index (κ2) is 6.84. The highest BCUT2D eigenvalue weighted by Crippen LogP contribution is 2.49. The Labute approximate surface area is 166 Å². The molecular formula is C20H18FN7O. The summed E-state index contributed by atoms with van der Waals surface area (Å²) in [4.78, 5) is 27.2. The smallest absolute Gasteiger partial charge is 0.247 e. The number of halogens is 1. The van der Waals surface area contributed by atoms with Gasteiger partial charge in [-0.25, -0.2) is 19.3 Å². The van der Waals surface area contributed by atoms with Gasteiger partial charge in [-0.15, -0.1) is 10.2 Å². The van der Waals surface area contributed by atoms with Crippen molar-refractivity contribution in [3.63, 3.8) is 0 Å². The van der Waals surface area contributed by atoms with Crippen molar-refractivity contribution < 1.29 is 9.18 Å². The number of amides is 1. The topological polar surface area (TPSA) is 96.8 Å². The number of hydrogen-bond acceptors (Lipinski definition) is 7. The van der Waals surface area contributed by atoms with E-state index in [0.29, 0.717) is 29.3 Å². The van der Waals surface area contributed by atoms with Gasteiger partial charge in [-0.2, -0.15) is 0 Å². The van der Waals surface area contributed by atoms with Crippen LogP contribution in [0.15, 0.2) is 43.1 Å². The van der Waals surface area contributed by atoms with E-state index < -0.39 is 5.82 Å². The van der Waals surface area contributed by atoms with Gasteiger partial charge in [-0.1, -0.05) is 6.07 Å². The molecule has 146 valence electrons. The first kappa shape index (κ1) is 17.6. The van der Waals surface area contributed by atoms with Crippen LogP contribution in [0.3, 0.4) is 0 Å². The van der Waals surface area contributed by atoms with Crippen molar-refractivity contribution in [2.24, 2.45) is 5.92 Å². The standard InChI is InChI=1S/C20H18FN7O/c1-11-2-3-14(6-15(11)19-23-7-13(21)8-24-19)26-20(29)17-5-12-4-16(12)28(17)18-9-22-10-25-27-18/h2-3,6-10,12,16-17H,4-5H2,1H3,(H,26,29)/t12-,16-,17+/m0/s1. The molecule has 3 aromatic rings. The van der Waals surface area contributed by atoms with Gasteiger partial charge in [0, 0.05) is 17.3 Å². The summed E-state index contributed by atoms with van der Waals surface area (Å²) in [6, 6.07) is 5.54. The molecule has 1 amide bonds. The second-order valence-electron chi connectivity index (χ2n) is 7.43. The van der Waals surface area contributed by atoms with Crippen molar-refractivity contribution in [3.8, 4) is 11.4 Å². The average molecular weight is 391 g/mol. The molecule has 9 heteroatoms. The summed E-state index contributed by atoms with van der Waals surface area (Å²) < 4.78 is 13.1. The fourth-order valence-corrected chi connectivity index (χ4v) is 4.00. The third kappa shape index (κ3) is 3.28. The lowest BCUT2D eigenvalue weighted by molar-refractivity contribution is -0.117. The van der Waals surface area contributed by atoms with E-state index >= 15 is 0 Å². The molecule has 0 unspecified atom stereocenters. The van der Waals surface area contributed by atoms with Crippen molar-refractivity contribution in [2.45, 2.75) is 31.8 Å². The number of anilines is 2. The van der Waals surface area contributed by atoms with Gasteiger partial charge in [0.05, 0.1) is 18.6 Å². The second-order valence-corrected chi connectivity index (χ2v) is 7.43. The van der Waals surface area contributed by atoms with Gasteiger partial charge in [0.2, 0.25) is 5.91 Å². The number of aryl methyl sites for hydroxylation is 1. The minimum atomic E-state index is -0.491. The van der Waals surface area contributed by atoms with Crippen LogP contribution in [-0.2, 0) is 4.79 Å².